The van der Waals surface area contributed by atoms with E-state index in [9.17, 15) is 18.0 Å². The number of rotatable bonds is 11. The topological polar surface area (TPSA) is 151 Å². The van der Waals surface area contributed by atoms with Gasteiger partial charge in [0.1, 0.15) is 18.0 Å². The highest BCUT2D eigenvalue weighted by Gasteiger charge is 2.32. The zero-order valence-corrected chi connectivity index (χ0v) is 15.6. The van der Waals surface area contributed by atoms with Crippen molar-refractivity contribution < 1.29 is 36.8 Å². The first kappa shape index (κ1) is 25.5. The van der Waals surface area contributed by atoms with Crippen molar-refractivity contribution in [2.75, 3.05) is 20.3 Å². The fourth-order valence-electron chi connectivity index (χ4n) is 1.74. The van der Waals surface area contributed by atoms with E-state index in [-0.39, 0.29) is 43.4 Å². The number of ether oxygens (including phenoxy) is 3. The van der Waals surface area contributed by atoms with Gasteiger partial charge < -0.3 is 20.4 Å². The Bertz CT molecular complexity index is 584. The second kappa shape index (κ2) is 11.7. The molecule has 2 atom stereocenters. The van der Waals surface area contributed by atoms with Crippen molar-refractivity contribution in [3.05, 3.63) is 24.3 Å². The molecule has 10 heteroatoms. The van der Waals surface area contributed by atoms with Crippen LogP contribution in [0.15, 0.2) is 24.3 Å². The SMILES string of the molecule is C=C(C)C(=O)OCCC(=C)C(=O)OCC(OC)C(CC)S(=O)(=O)O.N. The number of carbonyl (C=O) groups is 2. The largest absolute Gasteiger partial charge is 0.462 e. The summed E-state index contributed by atoms with van der Waals surface area (Å²) < 4.78 is 46.4. The summed E-state index contributed by atoms with van der Waals surface area (Å²) in [5.74, 6) is -1.34. The summed E-state index contributed by atoms with van der Waals surface area (Å²) in [4.78, 5) is 23.0. The summed E-state index contributed by atoms with van der Waals surface area (Å²) in [5.41, 5.74) is 0.293. The Labute approximate surface area is 148 Å². The third-order valence-electron chi connectivity index (χ3n) is 3.16. The lowest BCUT2D eigenvalue weighted by atomic mass is 10.2. The maximum Gasteiger partial charge on any atom is 0.333 e. The van der Waals surface area contributed by atoms with Gasteiger partial charge in [-0.25, -0.2) is 9.59 Å². The van der Waals surface area contributed by atoms with Gasteiger partial charge in [-0.05, 0) is 13.3 Å². The summed E-state index contributed by atoms with van der Waals surface area (Å²) in [5, 5.41) is -1.21. The molecule has 0 bridgehead atoms. The predicted octanol–water partition coefficient (Wildman–Crippen LogP) is 1.44. The van der Waals surface area contributed by atoms with E-state index >= 15 is 0 Å². The molecule has 0 aromatic heterocycles. The van der Waals surface area contributed by atoms with Gasteiger partial charge in [-0.15, -0.1) is 0 Å². The van der Waals surface area contributed by atoms with Gasteiger partial charge >= 0.3 is 11.9 Å². The Hall–Kier alpha value is -1.75. The molecule has 0 aliphatic rings. The average molecular weight is 381 g/mol. The van der Waals surface area contributed by atoms with Crippen LogP contribution in [0.5, 0.6) is 0 Å². The van der Waals surface area contributed by atoms with E-state index < -0.39 is 33.4 Å². The van der Waals surface area contributed by atoms with Gasteiger partial charge in [0.2, 0.25) is 0 Å². The van der Waals surface area contributed by atoms with Crippen molar-refractivity contribution in [1.29, 1.82) is 0 Å². The summed E-state index contributed by atoms with van der Waals surface area (Å²) in [6.07, 6.45) is -0.861. The molecule has 0 aromatic rings. The Morgan fingerprint density at radius 2 is 1.72 bits per heavy atom. The van der Waals surface area contributed by atoms with E-state index in [1.807, 2.05) is 0 Å². The van der Waals surface area contributed by atoms with Gasteiger partial charge in [-0.3, -0.25) is 4.55 Å². The van der Waals surface area contributed by atoms with Gasteiger partial charge in [-0.1, -0.05) is 20.1 Å². The quantitative estimate of drug-likeness (QED) is 0.307. The monoisotopic (exact) mass is 381 g/mol. The smallest absolute Gasteiger partial charge is 0.333 e. The van der Waals surface area contributed by atoms with Crippen LogP contribution in [0.4, 0.5) is 0 Å². The number of hydrogen-bond acceptors (Lipinski definition) is 8. The molecule has 0 heterocycles. The molecule has 0 rings (SSSR count). The molecule has 0 amide bonds. The molecule has 0 saturated carbocycles. The second-order valence-electron chi connectivity index (χ2n) is 5.10. The van der Waals surface area contributed by atoms with E-state index in [0.29, 0.717) is 0 Å². The third kappa shape index (κ3) is 9.34. The molecule has 0 saturated heterocycles. The molecule has 4 N–H and O–H groups in total. The van der Waals surface area contributed by atoms with Gasteiger partial charge in [0, 0.05) is 24.7 Å². The predicted molar refractivity (Wildman–Crippen MR) is 91.9 cm³/mol. The minimum atomic E-state index is -4.33. The van der Waals surface area contributed by atoms with Crippen LogP contribution in [0.3, 0.4) is 0 Å². The molecule has 0 spiro atoms. The lowest BCUT2D eigenvalue weighted by molar-refractivity contribution is -0.144. The summed E-state index contributed by atoms with van der Waals surface area (Å²) >= 11 is 0. The number of methoxy groups -OCH3 is 1. The molecular weight excluding hydrogens is 354 g/mol. The molecule has 0 aliphatic heterocycles. The highest BCUT2D eigenvalue weighted by molar-refractivity contribution is 7.86. The highest BCUT2D eigenvalue weighted by atomic mass is 32.2. The minimum absolute atomic E-state index is 0. The van der Waals surface area contributed by atoms with Crippen molar-refractivity contribution in [3.8, 4) is 0 Å². The third-order valence-corrected chi connectivity index (χ3v) is 4.56. The molecule has 25 heavy (non-hydrogen) atoms. The van der Waals surface area contributed by atoms with Gasteiger partial charge in [0.15, 0.2) is 0 Å². The second-order valence-corrected chi connectivity index (χ2v) is 6.74. The normalized spacial score (nSPS) is 13.1. The molecule has 146 valence electrons. The van der Waals surface area contributed by atoms with E-state index in [1.165, 1.54) is 14.0 Å². The van der Waals surface area contributed by atoms with Crippen LogP contribution in [0, 0.1) is 0 Å². The number of hydrogen-bond donors (Lipinski definition) is 2. The molecule has 0 aliphatic carbocycles. The van der Waals surface area contributed by atoms with Crippen LogP contribution in [0.2, 0.25) is 0 Å². The molecule has 0 fully saturated rings. The zero-order chi connectivity index (χ0) is 18.9. The summed E-state index contributed by atoms with van der Waals surface area (Å²) in [7, 11) is -3.08. The first-order chi connectivity index (χ1) is 11.0. The fraction of sp³-hybridized carbons (Fsp3) is 0.600. The van der Waals surface area contributed by atoms with E-state index in [2.05, 4.69) is 13.2 Å². The molecule has 2 unspecified atom stereocenters. The van der Waals surface area contributed by atoms with Crippen LogP contribution in [0.25, 0.3) is 0 Å². The number of esters is 2. The molecule has 0 radical (unpaired) electrons. The molecular formula is C15H27NO8S. The van der Waals surface area contributed by atoms with Crippen molar-refractivity contribution in [3.63, 3.8) is 0 Å². The lowest BCUT2D eigenvalue weighted by Gasteiger charge is -2.22. The Kier molecular flexibility index (Phi) is 12.0. The zero-order valence-electron chi connectivity index (χ0n) is 14.8. The Morgan fingerprint density at radius 3 is 2.12 bits per heavy atom. The number of carbonyl (C=O) groups excluding carboxylic acids is 2. The van der Waals surface area contributed by atoms with E-state index in [1.54, 1.807) is 6.92 Å². The van der Waals surface area contributed by atoms with Crippen LogP contribution in [0.1, 0.15) is 26.7 Å². The average Bonchev–Trinajstić information content (AvgIpc) is 2.49. The van der Waals surface area contributed by atoms with Gasteiger partial charge in [0.25, 0.3) is 10.1 Å². The van der Waals surface area contributed by atoms with Gasteiger partial charge in [-0.2, -0.15) is 8.42 Å². The summed E-state index contributed by atoms with van der Waals surface area (Å²) in [6.45, 7) is 9.57. The van der Waals surface area contributed by atoms with Crippen molar-refractivity contribution in [2.24, 2.45) is 0 Å². The Balaban J connectivity index is 0. The fourth-order valence-corrected chi connectivity index (χ4v) is 2.74. The van der Waals surface area contributed by atoms with Crippen LogP contribution in [-0.4, -0.2) is 56.6 Å². The minimum Gasteiger partial charge on any atom is -0.462 e. The van der Waals surface area contributed by atoms with Crippen LogP contribution in [-0.2, 0) is 33.9 Å². The van der Waals surface area contributed by atoms with E-state index in [0.717, 1.165) is 0 Å². The first-order valence-corrected chi connectivity index (χ1v) is 8.71. The van der Waals surface area contributed by atoms with Crippen molar-refractivity contribution in [2.45, 2.75) is 38.0 Å². The maximum atomic E-state index is 11.8. The van der Waals surface area contributed by atoms with Crippen molar-refractivity contribution >= 4 is 22.1 Å². The highest BCUT2D eigenvalue weighted by Crippen LogP contribution is 2.14. The Morgan fingerprint density at radius 1 is 1.16 bits per heavy atom. The van der Waals surface area contributed by atoms with Crippen LogP contribution >= 0.6 is 0 Å². The summed E-state index contributed by atoms with van der Waals surface area (Å²) in [6, 6.07) is 0. The van der Waals surface area contributed by atoms with Gasteiger partial charge in [0.05, 0.1) is 6.61 Å². The molecule has 9 nitrogen and oxygen atoms in total. The molecule has 0 aromatic carbocycles. The standard InChI is InChI=1S/C15H24O8S.H3N/c1-6-13(24(18,19)20)12(21-5)9-23-15(17)11(4)7-8-22-14(16)10(2)3;/h12-13H,2,4,6-9H2,1,3,5H3,(H,18,19,20);1H3. The van der Waals surface area contributed by atoms with Crippen molar-refractivity contribution in [1.82, 2.24) is 6.15 Å². The maximum absolute atomic E-state index is 11.8. The lowest BCUT2D eigenvalue weighted by Crippen LogP contribution is -2.38. The van der Waals surface area contributed by atoms with Crippen LogP contribution < -0.4 is 6.15 Å². The van der Waals surface area contributed by atoms with E-state index in [4.69, 9.17) is 18.8 Å². The first-order valence-electron chi connectivity index (χ1n) is 7.21.